The van der Waals surface area contributed by atoms with Crippen molar-refractivity contribution in [2.45, 2.75) is 5.72 Å². The maximum Gasteiger partial charge on any atom is 0.331 e. The third-order valence-corrected chi connectivity index (χ3v) is 5.66. The molecule has 3 aromatic carbocycles. The molecule has 4 rings (SSSR count). The highest BCUT2D eigenvalue weighted by Crippen LogP contribution is 2.41. The molecule has 1 unspecified atom stereocenters. The maximum absolute atomic E-state index is 13.4. The molecule has 8 heteroatoms. The number of hydrogen-bond acceptors (Lipinski definition) is 2. The van der Waals surface area contributed by atoms with E-state index < -0.39 is 11.8 Å². The van der Waals surface area contributed by atoms with Gasteiger partial charge in [-0.2, -0.15) is 0 Å². The quantitative estimate of drug-likeness (QED) is 0.472. The van der Waals surface area contributed by atoms with E-state index in [1.807, 2.05) is 0 Å². The molecule has 0 aliphatic carbocycles. The summed E-state index contributed by atoms with van der Waals surface area (Å²) in [6.07, 6.45) is 0. The summed E-state index contributed by atoms with van der Waals surface area (Å²) < 4.78 is 0. The van der Waals surface area contributed by atoms with E-state index in [0.29, 0.717) is 37.0 Å². The molecule has 0 bridgehead atoms. The Morgan fingerprint density at radius 2 is 1.21 bits per heavy atom. The molecular weight excluding hydrogens is 454 g/mol. The van der Waals surface area contributed by atoms with Crippen LogP contribution in [-0.4, -0.2) is 17.7 Å². The first-order valence-electron chi connectivity index (χ1n) is 8.60. The van der Waals surface area contributed by atoms with Gasteiger partial charge in [-0.3, -0.25) is 9.80 Å². The predicted molar refractivity (Wildman–Crippen MR) is 118 cm³/mol. The molecule has 2 amide bonds. The molecule has 0 aromatic heterocycles. The molecule has 148 valence electrons. The number of nitrogens with zero attached hydrogens (tertiary/aromatic N) is 2. The zero-order valence-electron chi connectivity index (χ0n) is 14.8. The number of halogens is 4. The Bertz CT molecular complexity index is 1050. The Morgan fingerprint density at radius 1 is 0.724 bits per heavy atom. The predicted octanol–water partition coefficient (Wildman–Crippen LogP) is 6.59. The summed E-state index contributed by atoms with van der Waals surface area (Å²) in [4.78, 5) is 16.2. The van der Waals surface area contributed by atoms with Gasteiger partial charge in [-0.1, -0.05) is 46.4 Å². The molecule has 1 atom stereocenters. The van der Waals surface area contributed by atoms with Gasteiger partial charge in [0.15, 0.2) is 5.72 Å². The van der Waals surface area contributed by atoms with Crippen LogP contribution in [0, 0.1) is 0 Å². The monoisotopic (exact) mass is 466 g/mol. The van der Waals surface area contributed by atoms with Crippen LogP contribution in [0.3, 0.4) is 0 Å². The van der Waals surface area contributed by atoms with Crippen molar-refractivity contribution in [3.05, 3.63) is 92.4 Å². The van der Waals surface area contributed by atoms with Crippen LogP contribution in [0.15, 0.2) is 66.7 Å². The van der Waals surface area contributed by atoms with E-state index in [2.05, 4.69) is 0 Å². The van der Waals surface area contributed by atoms with Crippen molar-refractivity contribution >= 4 is 63.8 Å². The third-order valence-electron chi connectivity index (χ3n) is 4.72. The van der Waals surface area contributed by atoms with E-state index >= 15 is 0 Å². The van der Waals surface area contributed by atoms with Crippen LogP contribution in [0.1, 0.15) is 5.56 Å². The molecular formula is C21H14Cl4N2O2. The second-order valence-electron chi connectivity index (χ2n) is 6.63. The van der Waals surface area contributed by atoms with Gasteiger partial charge in [-0.15, -0.1) is 0 Å². The number of carbonyl (C=O) groups excluding carboxylic acids is 1. The molecule has 4 nitrogen and oxygen atoms in total. The maximum atomic E-state index is 13.4. The highest BCUT2D eigenvalue weighted by molar-refractivity contribution is 6.34. The van der Waals surface area contributed by atoms with E-state index in [9.17, 15) is 9.90 Å². The highest BCUT2D eigenvalue weighted by atomic mass is 35.5. The van der Waals surface area contributed by atoms with Crippen LogP contribution < -0.4 is 9.80 Å². The van der Waals surface area contributed by atoms with Crippen LogP contribution in [0.25, 0.3) is 0 Å². The minimum atomic E-state index is -1.71. The molecule has 1 saturated heterocycles. The Morgan fingerprint density at radius 3 is 1.72 bits per heavy atom. The number of anilines is 2. The second kappa shape index (κ2) is 7.71. The molecule has 1 N–H and O–H groups in total. The van der Waals surface area contributed by atoms with E-state index in [0.717, 1.165) is 0 Å². The molecule has 1 fully saturated rings. The molecule has 1 aliphatic rings. The van der Waals surface area contributed by atoms with Crippen LogP contribution in [0.5, 0.6) is 0 Å². The number of benzene rings is 3. The van der Waals surface area contributed by atoms with Crippen LogP contribution in [-0.2, 0) is 5.72 Å². The van der Waals surface area contributed by atoms with Crippen LogP contribution in [0.4, 0.5) is 16.2 Å². The summed E-state index contributed by atoms with van der Waals surface area (Å²) in [6.45, 7) is -0.0350. The molecule has 1 aliphatic heterocycles. The second-order valence-corrected chi connectivity index (χ2v) is 8.38. The van der Waals surface area contributed by atoms with Crippen LogP contribution >= 0.6 is 46.4 Å². The third kappa shape index (κ3) is 3.79. The summed E-state index contributed by atoms with van der Waals surface area (Å²) in [7, 11) is 0. The van der Waals surface area contributed by atoms with Gasteiger partial charge in [0, 0.05) is 37.0 Å². The number of rotatable bonds is 3. The Kier molecular flexibility index (Phi) is 5.40. The van der Waals surface area contributed by atoms with E-state index in [4.69, 9.17) is 46.4 Å². The Labute approximate surface area is 187 Å². The van der Waals surface area contributed by atoms with Crippen molar-refractivity contribution in [3.63, 3.8) is 0 Å². The molecule has 29 heavy (non-hydrogen) atoms. The largest absolute Gasteiger partial charge is 0.365 e. The van der Waals surface area contributed by atoms with Gasteiger partial charge in [0.05, 0.1) is 6.54 Å². The lowest BCUT2D eigenvalue weighted by Crippen LogP contribution is -2.44. The van der Waals surface area contributed by atoms with Crippen molar-refractivity contribution in [3.8, 4) is 0 Å². The lowest BCUT2D eigenvalue weighted by molar-refractivity contribution is 0.0655. The minimum absolute atomic E-state index is 0.0350. The van der Waals surface area contributed by atoms with Crippen molar-refractivity contribution in [1.29, 1.82) is 0 Å². The Hall–Kier alpha value is -1.95. The zero-order chi connectivity index (χ0) is 20.8. The van der Waals surface area contributed by atoms with Crippen molar-refractivity contribution in [1.82, 2.24) is 0 Å². The fraction of sp³-hybridized carbons (Fsp3) is 0.0952. The summed E-state index contributed by atoms with van der Waals surface area (Å²) >= 11 is 24.3. The van der Waals surface area contributed by atoms with Gasteiger partial charge < -0.3 is 5.11 Å². The van der Waals surface area contributed by atoms with Crippen molar-refractivity contribution in [2.24, 2.45) is 0 Å². The van der Waals surface area contributed by atoms with Crippen molar-refractivity contribution in [2.75, 3.05) is 16.3 Å². The average molecular weight is 468 g/mol. The van der Waals surface area contributed by atoms with E-state index in [1.165, 1.54) is 9.80 Å². The smallest absolute Gasteiger partial charge is 0.331 e. The highest BCUT2D eigenvalue weighted by Gasteiger charge is 2.51. The number of hydrogen-bond donors (Lipinski definition) is 1. The van der Waals surface area contributed by atoms with E-state index in [-0.39, 0.29) is 6.54 Å². The SMILES string of the molecule is O=C1N(c2ccc(Cl)cc2)CC(O)(c2cc(Cl)cc(Cl)c2)N1c1ccc(Cl)cc1. The standard InChI is InChI=1S/C21H14Cl4N2O2/c22-14-1-5-18(6-2-14)26-12-21(29,13-9-16(24)11-17(25)10-13)27(20(26)28)19-7-3-15(23)4-8-19/h1-11,29H,12H2. The van der Waals surface area contributed by atoms with Crippen LogP contribution in [0.2, 0.25) is 20.1 Å². The summed E-state index contributed by atoms with van der Waals surface area (Å²) in [6, 6.07) is 17.8. The van der Waals surface area contributed by atoms with Gasteiger partial charge in [0.25, 0.3) is 0 Å². The minimum Gasteiger partial charge on any atom is -0.365 e. The number of urea groups is 1. The fourth-order valence-corrected chi connectivity index (χ4v) is 4.16. The Balaban J connectivity index is 1.86. The topological polar surface area (TPSA) is 43.8 Å². The number of carbonyl (C=O) groups is 1. The van der Waals surface area contributed by atoms with Gasteiger partial charge in [0.1, 0.15) is 0 Å². The van der Waals surface area contributed by atoms with E-state index in [1.54, 1.807) is 66.7 Å². The first kappa shape index (κ1) is 20.3. The molecule has 0 saturated carbocycles. The zero-order valence-corrected chi connectivity index (χ0v) is 17.8. The normalized spacial score (nSPS) is 19.1. The fourth-order valence-electron chi connectivity index (χ4n) is 3.38. The van der Waals surface area contributed by atoms with Gasteiger partial charge in [0.2, 0.25) is 0 Å². The number of aliphatic hydroxyl groups is 1. The van der Waals surface area contributed by atoms with Gasteiger partial charge >= 0.3 is 6.03 Å². The first-order valence-corrected chi connectivity index (χ1v) is 10.1. The molecule has 1 heterocycles. The van der Waals surface area contributed by atoms with Crippen molar-refractivity contribution < 1.29 is 9.90 Å². The lowest BCUT2D eigenvalue weighted by Gasteiger charge is -2.32. The average Bonchev–Trinajstić information content (AvgIpc) is 2.95. The summed E-state index contributed by atoms with van der Waals surface area (Å²) in [5.41, 5.74) is -0.231. The molecule has 0 spiro atoms. The summed E-state index contributed by atoms with van der Waals surface area (Å²) in [5, 5.41) is 13.5. The summed E-state index contributed by atoms with van der Waals surface area (Å²) in [5.74, 6) is 0. The molecule has 3 aromatic rings. The van der Waals surface area contributed by atoms with Gasteiger partial charge in [-0.05, 0) is 66.7 Å². The number of β-amino-alcohol motifs (C(OH)–C–C–N with tert-alkyl or cyclic N) is 1. The first-order chi connectivity index (χ1) is 13.8. The molecule has 0 radical (unpaired) electrons. The lowest BCUT2D eigenvalue weighted by atomic mass is 10.0. The van der Waals surface area contributed by atoms with Gasteiger partial charge in [-0.25, -0.2) is 4.79 Å². The number of amides is 2.